The molecule has 7 heteroatoms. The Morgan fingerprint density at radius 1 is 1.42 bits per heavy atom. The Labute approximate surface area is 161 Å². The number of primary amides is 1. The molecule has 1 aromatic carbocycles. The minimum absolute atomic E-state index is 0.153. The third-order valence-electron chi connectivity index (χ3n) is 4.51. The first-order valence-electron chi connectivity index (χ1n) is 8.48. The zero-order valence-corrected chi connectivity index (χ0v) is 16.3. The Balaban J connectivity index is 1.72. The van der Waals surface area contributed by atoms with Gasteiger partial charge >= 0.3 is 0 Å². The van der Waals surface area contributed by atoms with Gasteiger partial charge in [-0.15, -0.1) is 11.3 Å². The van der Waals surface area contributed by atoms with E-state index in [2.05, 4.69) is 12.2 Å². The maximum absolute atomic E-state index is 12.3. The van der Waals surface area contributed by atoms with Crippen molar-refractivity contribution >= 4 is 39.8 Å². The number of nitrogens with two attached hydrogens (primary N) is 1. The highest BCUT2D eigenvalue weighted by Crippen LogP contribution is 2.39. The summed E-state index contributed by atoms with van der Waals surface area (Å²) in [4.78, 5) is 25.4. The molecule has 138 valence electrons. The number of amides is 2. The molecule has 3 N–H and O–H groups in total. The highest BCUT2D eigenvalue weighted by atomic mass is 35.5. The van der Waals surface area contributed by atoms with Crippen molar-refractivity contribution in [1.82, 2.24) is 0 Å². The van der Waals surface area contributed by atoms with Gasteiger partial charge in [-0.25, -0.2) is 0 Å². The molecule has 0 unspecified atom stereocenters. The molecule has 1 aliphatic carbocycles. The first-order valence-corrected chi connectivity index (χ1v) is 9.67. The Bertz CT molecular complexity index is 863. The van der Waals surface area contributed by atoms with Crippen LogP contribution < -0.4 is 15.8 Å². The van der Waals surface area contributed by atoms with Gasteiger partial charge in [0, 0.05) is 9.90 Å². The summed E-state index contributed by atoms with van der Waals surface area (Å²) in [6.45, 7) is 3.89. The molecule has 0 radical (unpaired) electrons. The number of carbonyl (C=O) groups is 2. The summed E-state index contributed by atoms with van der Waals surface area (Å²) < 4.78 is 5.56. The van der Waals surface area contributed by atoms with E-state index < -0.39 is 5.91 Å². The standard InChI is InChI=1S/C19H21ClN2O3S/c1-10-3-5-13-15(7-10)26-19(17(13)18(21)24)22-16(23)9-25-14-6-4-12(20)8-11(14)2/h4,6,8,10H,3,5,7,9H2,1-2H3,(H2,21,24)(H,22,23)/t10-/m0/s1. The van der Waals surface area contributed by atoms with E-state index >= 15 is 0 Å². The van der Waals surface area contributed by atoms with Crippen LogP contribution in [0.5, 0.6) is 5.75 Å². The second kappa shape index (κ2) is 7.68. The number of hydrogen-bond donors (Lipinski definition) is 2. The van der Waals surface area contributed by atoms with Crippen LogP contribution in [0.4, 0.5) is 5.00 Å². The highest BCUT2D eigenvalue weighted by Gasteiger charge is 2.27. The van der Waals surface area contributed by atoms with Crippen LogP contribution >= 0.6 is 22.9 Å². The van der Waals surface area contributed by atoms with Crippen molar-refractivity contribution in [1.29, 1.82) is 0 Å². The number of thiophene rings is 1. The summed E-state index contributed by atoms with van der Waals surface area (Å²) in [7, 11) is 0. The molecule has 0 aliphatic heterocycles. The minimum atomic E-state index is -0.498. The molecule has 0 fully saturated rings. The topological polar surface area (TPSA) is 81.4 Å². The van der Waals surface area contributed by atoms with E-state index in [1.807, 2.05) is 6.92 Å². The number of carbonyl (C=O) groups excluding carboxylic acids is 2. The van der Waals surface area contributed by atoms with Crippen molar-refractivity contribution in [3.8, 4) is 5.75 Å². The number of hydrogen-bond acceptors (Lipinski definition) is 4. The maximum atomic E-state index is 12.3. The number of benzene rings is 1. The fourth-order valence-electron chi connectivity index (χ4n) is 3.18. The largest absolute Gasteiger partial charge is 0.483 e. The summed E-state index contributed by atoms with van der Waals surface area (Å²) in [6, 6.07) is 5.21. The summed E-state index contributed by atoms with van der Waals surface area (Å²) in [6.07, 6.45) is 2.76. The van der Waals surface area contributed by atoms with E-state index in [9.17, 15) is 9.59 Å². The number of anilines is 1. The fourth-order valence-corrected chi connectivity index (χ4v) is 4.84. The van der Waals surface area contributed by atoms with Gasteiger partial charge in [-0.1, -0.05) is 18.5 Å². The van der Waals surface area contributed by atoms with Gasteiger partial charge in [-0.2, -0.15) is 0 Å². The first-order chi connectivity index (χ1) is 12.3. The predicted octanol–water partition coefficient (Wildman–Crippen LogP) is 3.95. The van der Waals surface area contributed by atoms with Gasteiger partial charge in [0.25, 0.3) is 11.8 Å². The molecular weight excluding hydrogens is 372 g/mol. The number of halogens is 1. The lowest BCUT2D eigenvalue weighted by Crippen LogP contribution is -2.23. The number of aryl methyl sites for hydroxylation is 1. The lowest BCUT2D eigenvalue weighted by atomic mass is 9.88. The average molecular weight is 393 g/mol. The lowest BCUT2D eigenvalue weighted by molar-refractivity contribution is -0.118. The van der Waals surface area contributed by atoms with Crippen LogP contribution in [-0.2, 0) is 17.6 Å². The Morgan fingerprint density at radius 2 is 2.19 bits per heavy atom. The Hall–Kier alpha value is -2.05. The van der Waals surface area contributed by atoms with E-state index in [4.69, 9.17) is 22.1 Å². The molecule has 5 nitrogen and oxygen atoms in total. The second-order valence-corrected chi connectivity index (χ2v) is 8.21. The van der Waals surface area contributed by atoms with Gasteiger partial charge in [-0.05, 0) is 61.4 Å². The van der Waals surface area contributed by atoms with Gasteiger partial charge in [0.1, 0.15) is 10.8 Å². The molecule has 1 heterocycles. The zero-order chi connectivity index (χ0) is 18.8. The van der Waals surface area contributed by atoms with Gasteiger partial charge in [0.2, 0.25) is 0 Å². The molecule has 2 aromatic rings. The molecule has 0 saturated heterocycles. The van der Waals surface area contributed by atoms with Crippen LogP contribution in [0.1, 0.15) is 39.7 Å². The molecule has 0 saturated carbocycles. The molecule has 1 aromatic heterocycles. The quantitative estimate of drug-likeness (QED) is 0.808. The second-order valence-electron chi connectivity index (χ2n) is 6.67. The van der Waals surface area contributed by atoms with Crippen molar-refractivity contribution in [2.24, 2.45) is 11.7 Å². The van der Waals surface area contributed by atoms with E-state index in [0.717, 1.165) is 35.3 Å². The van der Waals surface area contributed by atoms with Crippen molar-refractivity contribution in [2.75, 3.05) is 11.9 Å². The minimum Gasteiger partial charge on any atom is -0.483 e. The third kappa shape index (κ3) is 4.02. The fraction of sp³-hybridized carbons (Fsp3) is 0.368. The normalized spacial score (nSPS) is 16.0. The smallest absolute Gasteiger partial charge is 0.262 e. The van der Waals surface area contributed by atoms with Crippen molar-refractivity contribution in [3.05, 3.63) is 44.8 Å². The van der Waals surface area contributed by atoms with Crippen LogP contribution in [-0.4, -0.2) is 18.4 Å². The number of fused-ring (bicyclic) bond motifs is 1. The van der Waals surface area contributed by atoms with Crippen LogP contribution in [0.3, 0.4) is 0 Å². The lowest BCUT2D eigenvalue weighted by Gasteiger charge is -2.18. The molecule has 1 aliphatic rings. The van der Waals surface area contributed by atoms with Gasteiger partial charge in [0.15, 0.2) is 6.61 Å². The molecular formula is C19H21ClN2O3S. The van der Waals surface area contributed by atoms with Crippen molar-refractivity contribution < 1.29 is 14.3 Å². The van der Waals surface area contributed by atoms with Crippen molar-refractivity contribution in [2.45, 2.75) is 33.1 Å². The summed E-state index contributed by atoms with van der Waals surface area (Å²) >= 11 is 7.36. The highest BCUT2D eigenvalue weighted by molar-refractivity contribution is 7.17. The number of rotatable bonds is 5. The molecule has 3 rings (SSSR count). The predicted molar refractivity (Wildman–Crippen MR) is 104 cm³/mol. The monoisotopic (exact) mass is 392 g/mol. The van der Waals surface area contributed by atoms with Crippen molar-refractivity contribution in [3.63, 3.8) is 0 Å². The Kier molecular flexibility index (Phi) is 5.53. The zero-order valence-electron chi connectivity index (χ0n) is 14.7. The van der Waals surface area contributed by atoms with Crippen LogP contribution in [0.2, 0.25) is 5.02 Å². The first kappa shape index (κ1) is 18.7. The van der Waals surface area contributed by atoms with E-state index in [0.29, 0.717) is 27.3 Å². The maximum Gasteiger partial charge on any atom is 0.262 e. The third-order valence-corrected chi connectivity index (χ3v) is 5.91. The molecule has 0 spiro atoms. The van der Waals surface area contributed by atoms with E-state index in [1.165, 1.54) is 11.3 Å². The summed E-state index contributed by atoms with van der Waals surface area (Å²) in [5.74, 6) is 0.343. The summed E-state index contributed by atoms with van der Waals surface area (Å²) in [5, 5.41) is 3.93. The SMILES string of the molecule is Cc1cc(Cl)ccc1OCC(=O)Nc1sc2c(c1C(N)=O)CC[C@H](C)C2. The van der Waals surface area contributed by atoms with E-state index in [1.54, 1.807) is 18.2 Å². The molecule has 0 bridgehead atoms. The van der Waals surface area contributed by atoms with Gasteiger partial charge < -0.3 is 15.8 Å². The summed E-state index contributed by atoms with van der Waals surface area (Å²) in [5.41, 5.74) is 7.86. The van der Waals surface area contributed by atoms with E-state index in [-0.39, 0.29) is 12.5 Å². The number of nitrogens with one attached hydrogen (secondary N) is 1. The van der Waals surface area contributed by atoms with Crippen LogP contribution in [0.15, 0.2) is 18.2 Å². The van der Waals surface area contributed by atoms with Crippen LogP contribution in [0, 0.1) is 12.8 Å². The van der Waals surface area contributed by atoms with Crippen LogP contribution in [0.25, 0.3) is 0 Å². The molecule has 2 amide bonds. The number of ether oxygens (including phenoxy) is 1. The average Bonchev–Trinajstić information content (AvgIpc) is 2.90. The molecule has 26 heavy (non-hydrogen) atoms. The molecule has 1 atom stereocenters. The Morgan fingerprint density at radius 3 is 2.88 bits per heavy atom. The van der Waals surface area contributed by atoms with Gasteiger partial charge in [0.05, 0.1) is 5.56 Å². The van der Waals surface area contributed by atoms with Gasteiger partial charge in [-0.3, -0.25) is 9.59 Å².